The Kier molecular flexibility index (Phi) is 5.73. The zero-order valence-corrected chi connectivity index (χ0v) is 15.3. The molecule has 0 aromatic carbocycles. The summed E-state index contributed by atoms with van der Waals surface area (Å²) in [6.45, 7) is 10.3. The lowest BCUT2D eigenvalue weighted by atomic mass is 9.62. The fraction of sp³-hybridized carbons (Fsp3) is 0.895. The minimum atomic E-state index is -0.215. The zero-order valence-electron chi connectivity index (χ0n) is 15.3. The van der Waals surface area contributed by atoms with Crippen LogP contribution in [0.25, 0.3) is 0 Å². The van der Waals surface area contributed by atoms with E-state index in [4.69, 9.17) is 0 Å². The van der Waals surface area contributed by atoms with Crippen molar-refractivity contribution in [3.05, 3.63) is 0 Å². The molecule has 0 radical (unpaired) electrons. The molecule has 1 aliphatic carbocycles. The quantitative estimate of drug-likeness (QED) is 0.844. The second kappa shape index (κ2) is 7.21. The Labute approximate surface area is 141 Å². The molecule has 1 saturated heterocycles. The topological polar surface area (TPSA) is 56.1 Å². The van der Waals surface area contributed by atoms with Gasteiger partial charge in [0.25, 0.3) is 0 Å². The van der Waals surface area contributed by atoms with Crippen molar-refractivity contribution in [1.29, 1.82) is 5.26 Å². The van der Waals surface area contributed by atoms with E-state index in [1.54, 1.807) is 4.90 Å². The lowest BCUT2D eigenvalue weighted by Crippen LogP contribution is -2.55. The van der Waals surface area contributed by atoms with Crippen molar-refractivity contribution in [2.24, 2.45) is 11.3 Å². The van der Waals surface area contributed by atoms with Crippen LogP contribution in [-0.2, 0) is 4.79 Å². The minimum Gasteiger partial charge on any atom is -0.326 e. The second-order valence-corrected chi connectivity index (χ2v) is 8.39. The van der Waals surface area contributed by atoms with Crippen molar-refractivity contribution in [2.75, 3.05) is 13.1 Å². The van der Waals surface area contributed by atoms with Crippen LogP contribution in [0.2, 0.25) is 0 Å². The van der Waals surface area contributed by atoms with E-state index in [1.807, 2.05) is 0 Å². The fourth-order valence-corrected chi connectivity index (χ4v) is 4.85. The zero-order chi connectivity index (χ0) is 17.1. The van der Waals surface area contributed by atoms with Crippen LogP contribution in [0.4, 0.5) is 0 Å². The van der Waals surface area contributed by atoms with E-state index in [0.29, 0.717) is 12.0 Å². The average molecular weight is 319 g/mol. The van der Waals surface area contributed by atoms with Crippen LogP contribution in [0.15, 0.2) is 0 Å². The van der Waals surface area contributed by atoms with Gasteiger partial charge in [0, 0.05) is 12.1 Å². The van der Waals surface area contributed by atoms with Crippen molar-refractivity contribution < 1.29 is 4.79 Å². The first kappa shape index (κ1) is 18.3. The number of rotatable bonds is 5. The smallest absolute Gasteiger partial charge is 0.237 e. The van der Waals surface area contributed by atoms with Crippen LogP contribution in [0, 0.1) is 22.7 Å². The molecule has 1 saturated carbocycles. The van der Waals surface area contributed by atoms with Gasteiger partial charge in [0.2, 0.25) is 5.91 Å². The lowest BCUT2D eigenvalue weighted by Gasteiger charge is -2.49. The van der Waals surface area contributed by atoms with Crippen LogP contribution in [0.3, 0.4) is 0 Å². The minimum absolute atomic E-state index is 0.0694. The summed E-state index contributed by atoms with van der Waals surface area (Å²) in [7, 11) is 0. The molecular formula is C19H33N3O. The van der Waals surface area contributed by atoms with Gasteiger partial charge in [0.1, 0.15) is 6.04 Å². The first-order chi connectivity index (χ1) is 10.8. The first-order valence-electron chi connectivity index (χ1n) is 9.29. The number of amides is 1. The van der Waals surface area contributed by atoms with Crippen LogP contribution < -0.4 is 5.32 Å². The summed E-state index contributed by atoms with van der Waals surface area (Å²) in [4.78, 5) is 14.3. The summed E-state index contributed by atoms with van der Waals surface area (Å²) in [5.74, 6) is 0.832. The Morgan fingerprint density at radius 2 is 2.09 bits per heavy atom. The summed E-state index contributed by atoms with van der Waals surface area (Å²) in [5, 5.41) is 12.8. The Morgan fingerprint density at radius 3 is 2.70 bits per heavy atom. The Bertz CT molecular complexity index is 468. The SMILES string of the molecule is CCC1CC(C)(C)CC(CC)(NCC(=O)N2CCCC2C#N)C1. The maximum atomic E-state index is 12.5. The lowest BCUT2D eigenvalue weighted by molar-refractivity contribution is -0.130. The molecule has 1 heterocycles. The molecule has 3 atom stereocenters. The highest BCUT2D eigenvalue weighted by Gasteiger charge is 2.42. The van der Waals surface area contributed by atoms with Gasteiger partial charge >= 0.3 is 0 Å². The van der Waals surface area contributed by atoms with Crippen molar-refractivity contribution >= 4 is 5.91 Å². The molecule has 3 unspecified atom stereocenters. The van der Waals surface area contributed by atoms with E-state index in [0.717, 1.165) is 38.1 Å². The number of carbonyl (C=O) groups excluding carboxylic acids is 1. The van der Waals surface area contributed by atoms with Gasteiger partial charge in [-0.15, -0.1) is 0 Å². The average Bonchev–Trinajstić information content (AvgIpc) is 2.99. The van der Waals surface area contributed by atoms with E-state index < -0.39 is 0 Å². The molecule has 1 N–H and O–H groups in total. The number of nitriles is 1. The third-order valence-electron chi connectivity index (χ3n) is 5.93. The number of nitrogens with zero attached hydrogens (tertiary/aromatic N) is 2. The van der Waals surface area contributed by atoms with Crippen molar-refractivity contribution in [3.63, 3.8) is 0 Å². The molecule has 0 spiro atoms. The van der Waals surface area contributed by atoms with E-state index >= 15 is 0 Å². The van der Waals surface area contributed by atoms with E-state index in [9.17, 15) is 10.1 Å². The normalized spacial score (nSPS) is 33.4. The Hall–Kier alpha value is -1.08. The third-order valence-corrected chi connectivity index (χ3v) is 5.93. The summed E-state index contributed by atoms with van der Waals surface area (Å²) in [5.41, 5.74) is 0.397. The molecule has 0 bridgehead atoms. The molecular weight excluding hydrogens is 286 g/mol. The van der Waals surface area contributed by atoms with Gasteiger partial charge in [0.15, 0.2) is 0 Å². The van der Waals surface area contributed by atoms with Crippen molar-refractivity contribution in [2.45, 2.75) is 84.2 Å². The maximum absolute atomic E-state index is 12.5. The first-order valence-corrected chi connectivity index (χ1v) is 9.29. The summed E-state index contributed by atoms with van der Waals surface area (Å²) in [6.07, 6.45) is 7.62. The molecule has 0 aromatic rings. The van der Waals surface area contributed by atoms with E-state index in [2.05, 4.69) is 39.1 Å². The predicted octanol–water partition coefficient (Wildman–Crippen LogP) is 3.48. The molecule has 2 fully saturated rings. The van der Waals surface area contributed by atoms with Gasteiger partial charge in [0.05, 0.1) is 12.6 Å². The molecule has 4 heteroatoms. The molecule has 0 aromatic heterocycles. The highest BCUT2D eigenvalue weighted by molar-refractivity contribution is 5.79. The van der Waals surface area contributed by atoms with Gasteiger partial charge in [-0.25, -0.2) is 0 Å². The molecule has 23 heavy (non-hydrogen) atoms. The molecule has 4 nitrogen and oxygen atoms in total. The van der Waals surface area contributed by atoms with Gasteiger partial charge in [-0.05, 0) is 49.9 Å². The Morgan fingerprint density at radius 1 is 1.35 bits per heavy atom. The molecule has 2 aliphatic rings. The Balaban J connectivity index is 2.01. The number of hydrogen-bond donors (Lipinski definition) is 1. The van der Waals surface area contributed by atoms with Gasteiger partial charge < -0.3 is 10.2 Å². The van der Waals surface area contributed by atoms with Gasteiger partial charge in [-0.2, -0.15) is 5.26 Å². The number of likely N-dealkylation sites (tertiary alicyclic amines) is 1. The van der Waals surface area contributed by atoms with Crippen molar-refractivity contribution in [3.8, 4) is 6.07 Å². The van der Waals surface area contributed by atoms with Crippen molar-refractivity contribution in [1.82, 2.24) is 10.2 Å². The predicted molar refractivity (Wildman–Crippen MR) is 92.8 cm³/mol. The maximum Gasteiger partial charge on any atom is 0.237 e. The number of hydrogen-bond acceptors (Lipinski definition) is 3. The molecule has 1 aliphatic heterocycles. The molecule has 130 valence electrons. The van der Waals surface area contributed by atoms with Gasteiger partial charge in [-0.3, -0.25) is 4.79 Å². The standard InChI is InChI=1S/C19H33N3O/c1-5-15-10-18(3,4)14-19(6-2,11-15)21-13-17(23)22-9-7-8-16(22)12-20/h15-16,21H,5-11,13-14H2,1-4H3. The van der Waals surface area contributed by atoms with Crippen LogP contribution >= 0.6 is 0 Å². The van der Waals surface area contributed by atoms with E-state index in [1.165, 1.54) is 19.3 Å². The summed E-state index contributed by atoms with van der Waals surface area (Å²) in [6, 6.07) is 2.05. The van der Waals surface area contributed by atoms with E-state index in [-0.39, 0.29) is 17.5 Å². The largest absolute Gasteiger partial charge is 0.326 e. The second-order valence-electron chi connectivity index (χ2n) is 8.39. The van der Waals surface area contributed by atoms with Crippen LogP contribution in [-0.4, -0.2) is 35.5 Å². The monoisotopic (exact) mass is 319 g/mol. The highest BCUT2D eigenvalue weighted by atomic mass is 16.2. The summed E-state index contributed by atoms with van der Waals surface area (Å²) >= 11 is 0. The fourth-order valence-electron chi connectivity index (χ4n) is 4.85. The van der Waals surface area contributed by atoms with Gasteiger partial charge in [-0.1, -0.05) is 34.1 Å². The molecule has 2 rings (SSSR count). The highest BCUT2D eigenvalue weighted by Crippen LogP contribution is 2.46. The van der Waals surface area contributed by atoms with Crippen LogP contribution in [0.1, 0.15) is 72.6 Å². The number of carbonyl (C=O) groups is 1. The van der Waals surface area contributed by atoms with Crippen LogP contribution in [0.5, 0.6) is 0 Å². The number of nitrogens with one attached hydrogen (secondary N) is 1. The molecule has 1 amide bonds. The third kappa shape index (κ3) is 4.26. The summed E-state index contributed by atoms with van der Waals surface area (Å²) < 4.78 is 0.